The molecule has 2 aliphatic heterocycles. The Hall–Kier alpha value is -2.88. The predicted molar refractivity (Wildman–Crippen MR) is 94.0 cm³/mol. The van der Waals surface area contributed by atoms with Crippen LogP contribution < -0.4 is 15.1 Å². The summed E-state index contributed by atoms with van der Waals surface area (Å²) in [6.45, 7) is 1.61. The Balaban J connectivity index is 1.65. The maximum Gasteiger partial charge on any atom is 0.414 e. The first kappa shape index (κ1) is 18.9. The number of ether oxygens (including phenoxy) is 1. The Morgan fingerprint density at radius 3 is 2.70 bits per heavy atom. The SMILES string of the molecule is O=CNC[C@H]1CN(c2ccc(N3CCN(C(=O)CO)CC3)c(F)c2)C(=O)O1. The average molecular weight is 380 g/mol. The van der Waals surface area contributed by atoms with E-state index in [-0.39, 0.29) is 19.0 Å². The molecule has 0 saturated carbocycles. The molecule has 0 unspecified atom stereocenters. The van der Waals surface area contributed by atoms with Crippen molar-refractivity contribution in [1.82, 2.24) is 10.2 Å². The van der Waals surface area contributed by atoms with Crippen LogP contribution in [0.1, 0.15) is 0 Å². The number of carbonyl (C=O) groups is 3. The standard InChI is InChI=1S/C17H21FN4O5/c18-14-7-12(22-9-13(8-19-11-24)27-17(22)26)1-2-15(14)20-3-5-21(6-4-20)16(25)10-23/h1-2,7,11,13,23H,3-6,8-10H2,(H,19,24)/t13-/m0/s1. The smallest absolute Gasteiger partial charge is 0.414 e. The van der Waals surface area contributed by atoms with Crippen molar-refractivity contribution in [3.8, 4) is 0 Å². The molecule has 2 saturated heterocycles. The third-order valence-corrected chi connectivity index (χ3v) is 4.65. The molecule has 2 aliphatic rings. The number of carbonyl (C=O) groups excluding carboxylic acids is 3. The van der Waals surface area contributed by atoms with Crippen LogP contribution in [0.15, 0.2) is 18.2 Å². The van der Waals surface area contributed by atoms with Gasteiger partial charge in [0.2, 0.25) is 12.3 Å². The summed E-state index contributed by atoms with van der Waals surface area (Å²) in [6, 6.07) is 4.51. The minimum Gasteiger partial charge on any atom is -0.442 e. The molecular formula is C17H21FN4O5. The van der Waals surface area contributed by atoms with E-state index in [4.69, 9.17) is 9.84 Å². The molecule has 27 heavy (non-hydrogen) atoms. The maximum atomic E-state index is 14.6. The molecule has 2 fully saturated rings. The average Bonchev–Trinajstić information content (AvgIpc) is 3.06. The van der Waals surface area contributed by atoms with Gasteiger partial charge in [0, 0.05) is 26.2 Å². The van der Waals surface area contributed by atoms with E-state index in [1.54, 1.807) is 12.1 Å². The van der Waals surface area contributed by atoms with Crippen molar-refractivity contribution in [2.24, 2.45) is 0 Å². The summed E-state index contributed by atoms with van der Waals surface area (Å²) in [5.41, 5.74) is 0.769. The second-order valence-corrected chi connectivity index (χ2v) is 6.30. The van der Waals surface area contributed by atoms with Crippen LogP contribution in [0.2, 0.25) is 0 Å². The summed E-state index contributed by atoms with van der Waals surface area (Å²) in [6.07, 6.45) is -0.544. The summed E-state index contributed by atoms with van der Waals surface area (Å²) < 4.78 is 19.8. The molecule has 0 spiro atoms. The monoisotopic (exact) mass is 380 g/mol. The lowest BCUT2D eigenvalue weighted by Crippen LogP contribution is -2.49. The van der Waals surface area contributed by atoms with Crippen LogP contribution in [-0.4, -0.2) is 80.4 Å². The van der Waals surface area contributed by atoms with Gasteiger partial charge in [0.25, 0.3) is 0 Å². The van der Waals surface area contributed by atoms with Gasteiger partial charge in [-0.25, -0.2) is 9.18 Å². The molecule has 3 amide bonds. The second kappa shape index (κ2) is 8.21. The lowest BCUT2D eigenvalue weighted by atomic mass is 10.2. The molecule has 0 bridgehead atoms. The number of amides is 3. The lowest BCUT2D eigenvalue weighted by Gasteiger charge is -2.36. The van der Waals surface area contributed by atoms with Crippen LogP contribution in [-0.2, 0) is 14.3 Å². The van der Waals surface area contributed by atoms with Gasteiger partial charge in [-0.1, -0.05) is 0 Å². The molecule has 1 aromatic carbocycles. The molecule has 1 aromatic rings. The second-order valence-electron chi connectivity index (χ2n) is 6.30. The zero-order valence-corrected chi connectivity index (χ0v) is 14.6. The number of anilines is 2. The Bertz CT molecular complexity index is 723. The number of nitrogens with one attached hydrogen (secondary N) is 1. The molecule has 0 radical (unpaired) electrons. The number of hydrogen-bond donors (Lipinski definition) is 2. The van der Waals surface area contributed by atoms with Crippen molar-refractivity contribution < 1.29 is 28.6 Å². The fraction of sp³-hybridized carbons (Fsp3) is 0.471. The fourth-order valence-electron chi connectivity index (χ4n) is 3.24. The van der Waals surface area contributed by atoms with Crippen LogP contribution >= 0.6 is 0 Å². The van der Waals surface area contributed by atoms with E-state index in [0.29, 0.717) is 44.0 Å². The highest BCUT2D eigenvalue weighted by Gasteiger charge is 2.32. The minimum atomic E-state index is -0.587. The number of aliphatic hydroxyl groups excluding tert-OH is 1. The molecule has 10 heteroatoms. The predicted octanol–water partition coefficient (Wildman–Crippen LogP) is -0.462. The van der Waals surface area contributed by atoms with Gasteiger partial charge >= 0.3 is 6.09 Å². The van der Waals surface area contributed by atoms with Crippen molar-refractivity contribution in [1.29, 1.82) is 0 Å². The fourth-order valence-corrected chi connectivity index (χ4v) is 3.24. The molecular weight excluding hydrogens is 359 g/mol. The van der Waals surface area contributed by atoms with Gasteiger partial charge in [0.15, 0.2) is 0 Å². The van der Waals surface area contributed by atoms with E-state index >= 15 is 0 Å². The van der Waals surface area contributed by atoms with Crippen molar-refractivity contribution in [3.63, 3.8) is 0 Å². The number of aliphatic hydroxyl groups is 1. The van der Waals surface area contributed by atoms with Gasteiger partial charge in [-0.2, -0.15) is 0 Å². The molecule has 2 heterocycles. The van der Waals surface area contributed by atoms with Crippen LogP contribution in [0.3, 0.4) is 0 Å². The number of benzene rings is 1. The lowest BCUT2D eigenvalue weighted by molar-refractivity contribution is -0.134. The van der Waals surface area contributed by atoms with E-state index < -0.39 is 24.6 Å². The van der Waals surface area contributed by atoms with Gasteiger partial charge in [-0.3, -0.25) is 14.5 Å². The van der Waals surface area contributed by atoms with Gasteiger partial charge in [-0.05, 0) is 18.2 Å². The number of rotatable bonds is 6. The zero-order chi connectivity index (χ0) is 19.4. The number of nitrogens with zero attached hydrogens (tertiary/aromatic N) is 3. The number of hydrogen-bond acceptors (Lipinski definition) is 6. The van der Waals surface area contributed by atoms with Crippen molar-refractivity contribution >= 4 is 29.8 Å². The van der Waals surface area contributed by atoms with Crippen LogP contribution in [0.4, 0.5) is 20.6 Å². The Morgan fingerprint density at radius 1 is 1.33 bits per heavy atom. The quantitative estimate of drug-likeness (QED) is 0.648. The summed E-state index contributed by atoms with van der Waals surface area (Å²) in [4.78, 5) is 38.5. The third kappa shape index (κ3) is 4.11. The first-order valence-corrected chi connectivity index (χ1v) is 8.61. The summed E-state index contributed by atoms with van der Waals surface area (Å²) in [5, 5.41) is 11.4. The van der Waals surface area contributed by atoms with Gasteiger partial charge < -0.3 is 25.0 Å². The van der Waals surface area contributed by atoms with E-state index in [0.717, 1.165) is 0 Å². The van der Waals surface area contributed by atoms with E-state index in [2.05, 4.69) is 5.32 Å². The normalized spacial score (nSPS) is 19.9. The molecule has 0 aromatic heterocycles. The molecule has 2 N–H and O–H groups in total. The van der Waals surface area contributed by atoms with E-state index in [9.17, 15) is 18.8 Å². The molecule has 0 aliphatic carbocycles. The molecule has 146 valence electrons. The highest BCUT2D eigenvalue weighted by molar-refractivity contribution is 5.90. The minimum absolute atomic E-state index is 0.198. The van der Waals surface area contributed by atoms with E-state index in [1.807, 2.05) is 4.90 Å². The molecule has 3 rings (SSSR count). The Kier molecular flexibility index (Phi) is 5.75. The topological polar surface area (TPSA) is 102 Å². The summed E-state index contributed by atoms with van der Waals surface area (Å²) >= 11 is 0. The number of cyclic esters (lactones) is 1. The Labute approximate surface area is 155 Å². The van der Waals surface area contributed by atoms with Crippen LogP contribution in [0.5, 0.6) is 0 Å². The van der Waals surface area contributed by atoms with Gasteiger partial charge in [0.05, 0.1) is 24.5 Å². The van der Waals surface area contributed by atoms with Crippen LogP contribution in [0.25, 0.3) is 0 Å². The highest BCUT2D eigenvalue weighted by atomic mass is 19.1. The van der Waals surface area contributed by atoms with Gasteiger partial charge in [0.1, 0.15) is 18.5 Å². The third-order valence-electron chi connectivity index (χ3n) is 4.65. The van der Waals surface area contributed by atoms with Crippen molar-refractivity contribution in [2.75, 3.05) is 55.7 Å². The number of halogens is 1. The number of piperazine rings is 1. The van der Waals surface area contributed by atoms with Crippen molar-refractivity contribution in [3.05, 3.63) is 24.0 Å². The highest BCUT2D eigenvalue weighted by Crippen LogP contribution is 2.28. The van der Waals surface area contributed by atoms with Crippen LogP contribution in [0, 0.1) is 5.82 Å². The molecule has 9 nitrogen and oxygen atoms in total. The first-order valence-electron chi connectivity index (χ1n) is 8.61. The van der Waals surface area contributed by atoms with Gasteiger partial charge in [-0.15, -0.1) is 0 Å². The maximum absolute atomic E-state index is 14.6. The zero-order valence-electron chi connectivity index (χ0n) is 14.6. The summed E-state index contributed by atoms with van der Waals surface area (Å²) in [7, 11) is 0. The van der Waals surface area contributed by atoms with E-state index in [1.165, 1.54) is 15.9 Å². The summed E-state index contributed by atoms with van der Waals surface area (Å²) in [5.74, 6) is -0.812. The molecule has 1 atom stereocenters. The largest absolute Gasteiger partial charge is 0.442 e. The van der Waals surface area contributed by atoms with Crippen molar-refractivity contribution in [2.45, 2.75) is 6.10 Å². The Morgan fingerprint density at radius 2 is 2.07 bits per heavy atom. The first-order chi connectivity index (χ1) is 13.0.